The van der Waals surface area contributed by atoms with Gasteiger partial charge in [-0.2, -0.15) is 0 Å². The number of benzene rings is 1. The van der Waals surface area contributed by atoms with E-state index < -0.39 is 5.82 Å². The monoisotopic (exact) mass is 208 g/mol. The molecule has 1 aliphatic rings. The molecule has 0 bridgehead atoms. The Kier molecular flexibility index (Phi) is 2.71. The van der Waals surface area contributed by atoms with Crippen LogP contribution >= 0.6 is 0 Å². The summed E-state index contributed by atoms with van der Waals surface area (Å²) in [6, 6.07) is 4.45. The molecular formula is C12H13FO2. The summed E-state index contributed by atoms with van der Waals surface area (Å²) in [6.07, 6.45) is 2.61. The number of rotatable bonds is 4. The zero-order valence-electron chi connectivity index (χ0n) is 8.63. The Labute approximate surface area is 88.1 Å². The summed E-state index contributed by atoms with van der Waals surface area (Å²) in [5.41, 5.74) is 0.104. The molecule has 0 spiro atoms. The lowest BCUT2D eigenvalue weighted by Crippen LogP contribution is -2.06. The van der Waals surface area contributed by atoms with Gasteiger partial charge in [-0.1, -0.05) is 6.07 Å². The smallest absolute Gasteiger partial charge is 0.169 e. The van der Waals surface area contributed by atoms with Gasteiger partial charge in [0.05, 0.1) is 12.7 Å². The first-order valence-electron chi connectivity index (χ1n) is 5.08. The Bertz CT molecular complexity index is 383. The highest BCUT2D eigenvalue weighted by Gasteiger charge is 2.27. The molecule has 1 saturated carbocycles. The summed E-state index contributed by atoms with van der Waals surface area (Å²) in [7, 11) is 1.45. The topological polar surface area (TPSA) is 26.3 Å². The van der Waals surface area contributed by atoms with Crippen LogP contribution in [0.1, 0.15) is 29.6 Å². The fourth-order valence-electron chi connectivity index (χ4n) is 1.63. The van der Waals surface area contributed by atoms with Crippen molar-refractivity contribution in [2.24, 2.45) is 5.92 Å². The van der Waals surface area contributed by atoms with Crippen LogP contribution in [0, 0.1) is 11.7 Å². The van der Waals surface area contributed by atoms with E-state index in [9.17, 15) is 9.18 Å². The lowest BCUT2D eigenvalue weighted by Gasteiger charge is -2.07. The van der Waals surface area contributed by atoms with E-state index in [0.717, 1.165) is 12.8 Å². The van der Waals surface area contributed by atoms with Crippen molar-refractivity contribution in [2.75, 3.05) is 7.11 Å². The Morgan fingerprint density at radius 3 is 2.87 bits per heavy atom. The number of halogens is 1. The van der Waals surface area contributed by atoms with Crippen molar-refractivity contribution in [2.45, 2.75) is 19.3 Å². The van der Waals surface area contributed by atoms with Gasteiger partial charge < -0.3 is 4.74 Å². The van der Waals surface area contributed by atoms with Gasteiger partial charge in [-0.05, 0) is 30.9 Å². The Balaban J connectivity index is 2.27. The van der Waals surface area contributed by atoms with Crippen molar-refractivity contribution >= 4 is 5.78 Å². The van der Waals surface area contributed by atoms with Gasteiger partial charge in [0.15, 0.2) is 5.78 Å². The van der Waals surface area contributed by atoms with Crippen molar-refractivity contribution in [1.82, 2.24) is 0 Å². The summed E-state index contributed by atoms with van der Waals surface area (Å²) in [5.74, 6) is 0.162. The molecule has 0 saturated heterocycles. The molecule has 80 valence electrons. The minimum Gasteiger partial charge on any atom is -0.496 e. The van der Waals surface area contributed by atoms with Gasteiger partial charge >= 0.3 is 0 Å². The van der Waals surface area contributed by atoms with E-state index in [1.54, 1.807) is 12.1 Å². The van der Waals surface area contributed by atoms with Crippen LogP contribution in [0.3, 0.4) is 0 Å². The summed E-state index contributed by atoms with van der Waals surface area (Å²) in [4.78, 5) is 11.8. The second-order valence-electron chi connectivity index (χ2n) is 3.89. The number of ketones is 1. The molecule has 1 fully saturated rings. The van der Waals surface area contributed by atoms with Gasteiger partial charge in [-0.25, -0.2) is 4.39 Å². The van der Waals surface area contributed by atoms with Crippen molar-refractivity contribution in [3.8, 4) is 5.75 Å². The first kappa shape index (κ1) is 10.1. The van der Waals surface area contributed by atoms with E-state index in [0.29, 0.717) is 18.1 Å². The molecule has 0 unspecified atom stereocenters. The normalized spacial score (nSPS) is 15.1. The summed E-state index contributed by atoms with van der Waals surface area (Å²) < 4.78 is 18.4. The number of carbonyl (C=O) groups excluding carboxylic acids is 1. The van der Waals surface area contributed by atoms with Crippen LogP contribution in [0.2, 0.25) is 0 Å². The molecule has 2 nitrogen and oxygen atoms in total. The van der Waals surface area contributed by atoms with Gasteiger partial charge in [0.25, 0.3) is 0 Å². The minimum atomic E-state index is -0.486. The van der Waals surface area contributed by atoms with E-state index in [4.69, 9.17) is 4.74 Å². The van der Waals surface area contributed by atoms with Crippen LogP contribution in [-0.2, 0) is 0 Å². The lowest BCUT2D eigenvalue weighted by atomic mass is 10.0. The molecule has 0 radical (unpaired) electrons. The maximum Gasteiger partial charge on any atom is 0.169 e. The summed E-state index contributed by atoms with van der Waals surface area (Å²) >= 11 is 0. The third-order valence-electron chi connectivity index (χ3n) is 2.65. The quantitative estimate of drug-likeness (QED) is 0.711. The van der Waals surface area contributed by atoms with E-state index in [1.165, 1.54) is 13.2 Å². The van der Waals surface area contributed by atoms with Crippen molar-refractivity contribution in [3.05, 3.63) is 29.6 Å². The average molecular weight is 208 g/mol. The third kappa shape index (κ3) is 2.17. The predicted octanol–water partition coefficient (Wildman–Crippen LogP) is 2.82. The Morgan fingerprint density at radius 2 is 2.27 bits per heavy atom. The van der Waals surface area contributed by atoms with Crippen molar-refractivity contribution in [1.29, 1.82) is 0 Å². The lowest BCUT2D eigenvalue weighted by molar-refractivity contribution is 0.0969. The average Bonchev–Trinajstić information content (AvgIpc) is 3.00. The molecule has 0 heterocycles. The second kappa shape index (κ2) is 4.01. The highest BCUT2D eigenvalue weighted by atomic mass is 19.1. The maximum atomic E-state index is 13.5. The first-order chi connectivity index (χ1) is 7.22. The van der Waals surface area contributed by atoms with E-state index in [2.05, 4.69) is 0 Å². The molecule has 15 heavy (non-hydrogen) atoms. The first-order valence-corrected chi connectivity index (χ1v) is 5.08. The molecule has 2 rings (SSSR count). The zero-order valence-corrected chi connectivity index (χ0v) is 8.63. The van der Waals surface area contributed by atoms with Gasteiger partial charge in [-0.3, -0.25) is 4.79 Å². The molecule has 0 atom stereocenters. The molecule has 0 N–H and O–H groups in total. The minimum absolute atomic E-state index is 0.104. The summed E-state index contributed by atoms with van der Waals surface area (Å²) in [5, 5.41) is 0. The Morgan fingerprint density at radius 1 is 1.53 bits per heavy atom. The third-order valence-corrected chi connectivity index (χ3v) is 2.65. The molecule has 1 aliphatic carbocycles. The van der Waals surface area contributed by atoms with Crippen molar-refractivity contribution < 1.29 is 13.9 Å². The van der Waals surface area contributed by atoms with E-state index in [-0.39, 0.29) is 11.3 Å². The highest BCUT2D eigenvalue weighted by Crippen LogP contribution is 2.35. The van der Waals surface area contributed by atoms with Gasteiger partial charge in [0, 0.05) is 6.42 Å². The maximum absolute atomic E-state index is 13.5. The van der Waals surface area contributed by atoms with Crippen molar-refractivity contribution in [3.63, 3.8) is 0 Å². The molecular weight excluding hydrogens is 195 g/mol. The van der Waals surface area contributed by atoms with Gasteiger partial charge in [0.2, 0.25) is 0 Å². The predicted molar refractivity (Wildman–Crippen MR) is 54.6 cm³/mol. The summed E-state index contributed by atoms with van der Waals surface area (Å²) in [6.45, 7) is 0. The Hall–Kier alpha value is -1.38. The molecule has 0 amide bonds. The van der Waals surface area contributed by atoms with Gasteiger partial charge in [0.1, 0.15) is 11.6 Å². The van der Waals surface area contributed by atoms with Crippen LogP contribution in [0.5, 0.6) is 5.75 Å². The number of hydrogen-bond acceptors (Lipinski definition) is 2. The fraction of sp³-hybridized carbons (Fsp3) is 0.417. The van der Waals surface area contributed by atoms with E-state index >= 15 is 0 Å². The van der Waals surface area contributed by atoms with Crippen LogP contribution in [0.25, 0.3) is 0 Å². The molecule has 1 aromatic carbocycles. The number of hydrogen-bond donors (Lipinski definition) is 0. The molecule has 3 heteroatoms. The highest BCUT2D eigenvalue weighted by molar-refractivity contribution is 5.99. The second-order valence-corrected chi connectivity index (χ2v) is 3.89. The largest absolute Gasteiger partial charge is 0.496 e. The van der Waals surface area contributed by atoms with Gasteiger partial charge in [-0.15, -0.1) is 0 Å². The van der Waals surface area contributed by atoms with Crippen LogP contribution < -0.4 is 4.74 Å². The van der Waals surface area contributed by atoms with Crippen LogP contribution in [-0.4, -0.2) is 12.9 Å². The number of carbonyl (C=O) groups is 1. The SMILES string of the molecule is COc1cccc(F)c1C(=O)CC1CC1. The van der Waals surface area contributed by atoms with E-state index in [1.807, 2.05) is 0 Å². The number of Topliss-reactive ketones (excluding diaryl/α,β-unsaturated/α-hetero) is 1. The molecule has 1 aromatic rings. The van der Waals surface area contributed by atoms with Crippen LogP contribution in [0.4, 0.5) is 4.39 Å². The zero-order chi connectivity index (χ0) is 10.8. The number of methoxy groups -OCH3 is 1. The van der Waals surface area contributed by atoms with Crippen LogP contribution in [0.15, 0.2) is 18.2 Å². The molecule has 0 aromatic heterocycles. The number of ether oxygens (including phenoxy) is 1. The standard InChI is InChI=1S/C12H13FO2/c1-15-11-4-2-3-9(13)12(11)10(14)7-8-5-6-8/h2-4,8H,5-7H2,1H3. The molecule has 0 aliphatic heterocycles. The fourth-order valence-corrected chi connectivity index (χ4v) is 1.63.